The maximum Gasteiger partial charge on any atom is 0.416 e. The summed E-state index contributed by atoms with van der Waals surface area (Å²) in [7, 11) is 0. The third-order valence-corrected chi connectivity index (χ3v) is 5.49. The second kappa shape index (κ2) is 13.2. The second-order valence-corrected chi connectivity index (χ2v) is 8.00. The van der Waals surface area contributed by atoms with Gasteiger partial charge in [0.15, 0.2) is 0 Å². The molecule has 0 aliphatic heterocycles. The van der Waals surface area contributed by atoms with E-state index in [1.54, 1.807) is 12.1 Å². The lowest BCUT2D eigenvalue weighted by Crippen LogP contribution is -2.24. The SMILES string of the molecule is CCN(CC)c1cc(NCc2ccc(C(F)(F)F)cc2)ccc1NC(=O)CCCCC(F)CF. The molecule has 0 saturated carbocycles. The Morgan fingerprint density at radius 2 is 1.71 bits per heavy atom. The van der Waals surface area contributed by atoms with Crippen LogP contribution in [0.4, 0.5) is 39.0 Å². The van der Waals surface area contributed by atoms with Crippen molar-refractivity contribution in [3.63, 3.8) is 0 Å². The minimum absolute atomic E-state index is 0.105. The van der Waals surface area contributed by atoms with E-state index in [4.69, 9.17) is 0 Å². The Balaban J connectivity index is 2.04. The summed E-state index contributed by atoms with van der Waals surface area (Å²) in [5.74, 6) is -0.200. The third-order valence-electron chi connectivity index (χ3n) is 5.49. The summed E-state index contributed by atoms with van der Waals surface area (Å²) in [4.78, 5) is 14.5. The maximum absolute atomic E-state index is 13.0. The molecule has 0 fully saturated rings. The first-order valence-corrected chi connectivity index (χ1v) is 11.5. The van der Waals surface area contributed by atoms with E-state index in [1.807, 2.05) is 19.9 Å². The summed E-state index contributed by atoms with van der Waals surface area (Å²) < 4.78 is 63.4. The molecule has 2 N–H and O–H groups in total. The molecule has 1 unspecified atom stereocenters. The smallest absolute Gasteiger partial charge is 0.381 e. The molecule has 0 saturated heterocycles. The Hall–Kier alpha value is -2.84. The molecule has 34 heavy (non-hydrogen) atoms. The Morgan fingerprint density at radius 1 is 1.03 bits per heavy atom. The predicted octanol–water partition coefficient (Wildman–Crippen LogP) is 6.97. The second-order valence-electron chi connectivity index (χ2n) is 8.00. The molecule has 188 valence electrons. The van der Waals surface area contributed by atoms with Gasteiger partial charge < -0.3 is 15.5 Å². The Morgan fingerprint density at radius 3 is 2.29 bits per heavy atom. The molecular weight excluding hydrogens is 453 g/mol. The normalized spacial score (nSPS) is 12.3. The summed E-state index contributed by atoms with van der Waals surface area (Å²) in [5, 5.41) is 6.11. The van der Waals surface area contributed by atoms with E-state index >= 15 is 0 Å². The first-order chi connectivity index (χ1) is 16.2. The van der Waals surface area contributed by atoms with Gasteiger partial charge in [-0.2, -0.15) is 13.2 Å². The number of carbonyl (C=O) groups excluding carboxylic acids is 1. The number of benzene rings is 2. The van der Waals surface area contributed by atoms with Gasteiger partial charge in [-0.3, -0.25) is 4.79 Å². The van der Waals surface area contributed by atoms with Crippen LogP contribution >= 0.6 is 0 Å². The number of anilines is 3. The minimum Gasteiger partial charge on any atom is -0.381 e. The minimum atomic E-state index is -4.37. The van der Waals surface area contributed by atoms with Crippen molar-refractivity contribution in [2.24, 2.45) is 0 Å². The maximum atomic E-state index is 13.0. The lowest BCUT2D eigenvalue weighted by Gasteiger charge is -2.25. The van der Waals surface area contributed by atoms with Gasteiger partial charge in [-0.1, -0.05) is 12.1 Å². The number of nitrogens with one attached hydrogen (secondary N) is 2. The number of halogens is 5. The zero-order valence-corrected chi connectivity index (χ0v) is 19.5. The van der Waals surface area contributed by atoms with E-state index in [1.165, 1.54) is 12.1 Å². The number of carbonyl (C=O) groups is 1. The topological polar surface area (TPSA) is 44.4 Å². The highest BCUT2D eigenvalue weighted by atomic mass is 19.4. The van der Waals surface area contributed by atoms with Crippen molar-refractivity contribution in [3.05, 3.63) is 53.6 Å². The van der Waals surface area contributed by atoms with E-state index in [0.717, 1.165) is 23.5 Å². The first kappa shape index (κ1) is 27.4. The third kappa shape index (κ3) is 8.50. The molecule has 9 heteroatoms. The lowest BCUT2D eigenvalue weighted by atomic mass is 10.1. The summed E-state index contributed by atoms with van der Waals surface area (Å²) in [5.41, 5.74) is 2.24. The number of rotatable bonds is 13. The largest absolute Gasteiger partial charge is 0.416 e. The fourth-order valence-corrected chi connectivity index (χ4v) is 3.53. The zero-order valence-electron chi connectivity index (χ0n) is 19.5. The van der Waals surface area contributed by atoms with Crippen LogP contribution in [0.2, 0.25) is 0 Å². The van der Waals surface area contributed by atoms with E-state index in [-0.39, 0.29) is 18.7 Å². The fraction of sp³-hybridized carbons (Fsp3) is 0.480. The van der Waals surface area contributed by atoms with Crippen molar-refractivity contribution in [3.8, 4) is 0 Å². The molecule has 0 aliphatic carbocycles. The van der Waals surface area contributed by atoms with Crippen LogP contribution in [0.25, 0.3) is 0 Å². The van der Waals surface area contributed by atoms with Gasteiger partial charge in [0.25, 0.3) is 0 Å². The van der Waals surface area contributed by atoms with Gasteiger partial charge >= 0.3 is 6.18 Å². The summed E-state index contributed by atoms with van der Waals surface area (Å²) in [6, 6.07) is 10.5. The van der Waals surface area contributed by atoms with Crippen LogP contribution in [-0.4, -0.2) is 31.8 Å². The number of unbranched alkanes of at least 4 members (excludes halogenated alkanes) is 1. The van der Waals surface area contributed by atoms with Gasteiger partial charge in [0.1, 0.15) is 12.8 Å². The molecule has 1 amide bonds. The molecule has 2 aromatic carbocycles. The average molecular weight is 486 g/mol. The van der Waals surface area contributed by atoms with Crippen LogP contribution < -0.4 is 15.5 Å². The zero-order chi connectivity index (χ0) is 25.1. The molecule has 0 aromatic heterocycles. The van der Waals surface area contributed by atoms with Gasteiger partial charge in [0, 0.05) is 31.7 Å². The Labute approximate surface area is 197 Å². The number of hydrogen-bond donors (Lipinski definition) is 2. The van der Waals surface area contributed by atoms with Crippen molar-refractivity contribution >= 4 is 23.0 Å². The molecule has 4 nitrogen and oxygen atoms in total. The Kier molecular flexibility index (Phi) is 10.6. The molecule has 0 aliphatic rings. The van der Waals surface area contributed by atoms with E-state index in [0.29, 0.717) is 43.7 Å². The van der Waals surface area contributed by atoms with Crippen LogP contribution in [-0.2, 0) is 17.5 Å². The van der Waals surface area contributed by atoms with Gasteiger partial charge in [0.05, 0.1) is 16.9 Å². The Bertz CT molecular complexity index is 898. The van der Waals surface area contributed by atoms with Gasteiger partial charge in [-0.15, -0.1) is 0 Å². The van der Waals surface area contributed by atoms with Crippen molar-refractivity contribution in [1.29, 1.82) is 0 Å². The summed E-state index contributed by atoms with van der Waals surface area (Å²) in [6.45, 7) is 4.76. The monoisotopic (exact) mass is 485 g/mol. The average Bonchev–Trinajstić information content (AvgIpc) is 2.82. The van der Waals surface area contributed by atoms with Gasteiger partial charge in [0.2, 0.25) is 5.91 Å². The molecule has 2 aromatic rings. The number of amides is 1. The molecule has 0 heterocycles. The van der Waals surface area contributed by atoms with Crippen molar-refractivity contribution < 1.29 is 26.7 Å². The number of nitrogens with zero attached hydrogens (tertiary/aromatic N) is 1. The molecule has 0 spiro atoms. The van der Waals surface area contributed by atoms with Crippen LogP contribution in [0.3, 0.4) is 0 Å². The summed E-state index contributed by atoms with van der Waals surface area (Å²) >= 11 is 0. The number of alkyl halides is 5. The molecule has 1 atom stereocenters. The van der Waals surface area contributed by atoms with Crippen LogP contribution in [0.15, 0.2) is 42.5 Å². The highest BCUT2D eigenvalue weighted by molar-refractivity contribution is 5.95. The standard InChI is InChI=1S/C25H32F5N3O/c1-3-33(4-2)23-15-21(31-17-18-9-11-19(12-10-18)25(28,29)30)13-14-22(23)32-24(34)8-6-5-7-20(27)16-26/h9-15,20,31H,3-8,16-17H2,1-2H3,(H,32,34). The quantitative estimate of drug-likeness (QED) is 0.238. The van der Waals surface area contributed by atoms with Gasteiger partial charge in [-0.25, -0.2) is 8.78 Å². The lowest BCUT2D eigenvalue weighted by molar-refractivity contribution is -0.137. The number of hydrogen-bond acceptors (Lipinski definition) is 3. The molecule has 0 radical (unpaired) electrons. The first-order valence-electron chi connectivity index (χ1n) is 11.5. The predicted molar refractivity (Wildman–Crippen MR) is 127 cm³/mol. The van der Waals surface area contributed by atoms with E-state index < -0.39 is 24.6 Å². The summed E-state index contributed by atoms with van der Waals surface area (Å²) in [6.07, 6.45) is -4.61. The highest BCUT2D eigenvalue weighted by Gasteiger charge is 2.29. The molecular formula is C25H32F5N3O. The molecule has 0 bridgehead atoms. The van der Waals surface area contributed by atoms with Crippen LogP contribution in [0.1, 0.15) is 50.7 Å². The van der Waals surface area contributed by atoms with Gasteiger partial charge in [-0.05, 0) is 69.0 Å². The van der Waals surface area contributed by atoms with Crippen molar-refractivity contribution in [2.75, 3.05) is 35.3 Å². The van der Waals surface area contributed by atoms with Crippen LogP contribution in [0.5, 0.6) is 0 Å². The highest BCUT2D eigenvalue weighted by Crippen LogP contribution is 2.31. The fourth-order valence-electron chi connectivity index (χ4n) is 3.53. The van der Waals surface area contributed by atoms with E-state index in [9.17, 15) is 26.7 Å². The van der Waals surface area contributed by atoms with E-state index in [2.05, 4.69) is 15.5 Å². The van der Waals surface area contributed by atoms with Crippen LogP contribution in [0, 0.1) is 0 Å². The molecule has 2 rings (SSSR count). The van der Waals surface area contributed by atoms with Crippen molar-refractivity contribution in [2.45, 2.75) is 58.4 Å². The van der Waals surface area contributed by atoms with Crippen molar-refractivity contribution in [1.82, 2.24) is 0 Å².